The summed E-state index contributed by atoms with van der Waals surface area (Å²) in [4.78, 5) is 18.7. The third kappa shape index (κ3) is 1.16. The van der Waals surface area contributed by atoms with E-state index in [9.17, 15) is 4.79 Å². The van der Waals surface area contributed by atoms with Crippen LogP contribution in [0.4, 0.5) is 11.8 Å². The zero-order chi connectivity index (χ0) is 9.42. The highest BCUT2D eigenvalue weighted by molar-refractivity contribution is 5.98. The average molecular weight is 180 g/mol. The summed E-state index contributed by atoms with van der Waals surface area (Å²) in [5.74, 6) is 0.793. The van der Waals surface area contributed by atoms with Crippen molar-refractivity contribution in [3.63, 3.8) is 0 Å². The number of anilines is 2. The summed E-state index contributed by atoms with van der Waals surface area (Å²) in [5, 5.41) is 2.56. The minimum Gasteiger partial charge on any atom is -0.481 e. The largest absolute Gasteiger partial charge is 0.481 e. The molecule has 0 fully saturated rings. The molecule has 68 valence electrons. The molecule has 1 aromatic heterocycles. The number of nitrogens with one attached hydrogen (secondary N) is 1. The molecule has 0 atom stereocenters. The number of fused-ring (bicyclic) bond motifs is 1. The van der Waals surface area contributed by atoms with E-state index in [0.717, 1.165) is 0 Å². The van der Waals surface area contributed by atoms with Crippen LogP contribution < -0.4 is 15.8 Å². The molecule has 0 unspecified atom stereocenters. The van der Waals surface area contributed by atoms with Crippen LogP contribution >= 0.6 is 0 Å². The molecule has 0 aromatic carbocycles. The molecule has 0 aliphatic carbocycles. The second-order valence-electron chi connectivity index (χ2n) is 2.64. The lowest BCUT2D eigenvalue weighted by molar-refractivity contribution is -0.115. The second kappa shape index (κ2) is 2.58. The van der Waals surface area contributed by atoms with E-state index in [0.29, 0.717) is 17.3 Å². The Bertz CT molecular complexity index is 377. The maximum absolute atomic E-state index is 11.0. The Kier molecular flexibility index (Phi) is 1.54. The number of rotatable bonds is 1. The van der Waals surface area contributed by atoms with Crippen LogP contribution in [0, 0.1) is 0 Å². The second-order valence-corrected chi connectivity index (χ2v) is 2.64. The van der Waals surface area contributed by atoms with Crippen LogP contribution in [0.5, 0.6) is 5.88 Å². The van der Waals surface area contributed by atoms with E-state index in [4.69, 9.17) is 10.5 Å². The Labute approximate surface area is 74.1 Å². The lowest BCUT2D eigenvalue weighted by Crippen LogP contribution is -2.05. The predicted molar refractivity (Wildman–Crippen MR) is 45.3 cm³/mol. The van der Waals surface area contributed by atoms with Crippen molar-refractivity contribution < 1.29 is 9.53 Å². The van der Waals surface area contributed by atoms with Gasteiger partial charge < -0.3 is 15.8 Å². The van der Waals surface area contributed by atoms with Gasteiger partial charge in [-0.05, 0) is 0 Å². The summed E-state index contributed by atoms with van der Waals surface area (Å²) in [5.41, 5.74) is 6.07. The van der Waals surface area contributed by atoms with Crippen molar-refractivity contribution in [2.24, 2.45) is 0 Å². The molecular formula is C7H8N4O2. The molecule has 2 rings (SSSR count). The van der Waals surface area contributed by atoms with Crippen LogP contribution in [0.15, 0.2) is 0 Å². The van der Waals surface area contributed by atoms with E-state index in [2.05, 4.69) is 15.3 Å². The quantitative estimate of drug-likeness (QED) is 0.611. The van der Waals surface area contributed by atoms with Gasteiger partial charge in [0.05, 0.1) is 19.1 Å². The molecule has 6 heteroatoms. The number of nitrogen functional groups attached to an aromatic ring is 1. The van der Waals surface area contributed by atoms with Gasteiger partial charge in [0, 0.05) is 0 Å². The molecule has 0 spiro atoms. The first-order chi connectivity index (χ1) is 6.20. The van der Waals surface area contributed by atoms with Crippen molar-refractivity contribution >= 4 is 17.7 Å². The number of hydrogen-bond acceptors (Lipinski definition) is 5. The van der Waals surface area contributed by atoms with Crippen molar-refractivity contribution in [3.05, 3.63) is 5.56 Å². The van der Waals surface area contributed by atoms with Crippen molar-refractivity contribution in [2.45, 2.75) is 6.42 Å². The van der Waals surface area contributed by atoms with E-state index >= 15 is 0 Å². The summed E-state index contributed by atoms with van der Waals surface area (Å²) in [6, 6.07) is 0. The highest BCUT2D eigenvalue weighted by atomic mass is 16.5. The molecule has 0 radical (unpaired) electrons. The topological polar surface area (TPSA) is 90.1 Å². The maximum atomic E-state index is 11.0. The molecule has 1 aromatic rings. The van der Waals surface area contributed by atoms with Crippen molar-refractivity contribution in [1.29, 1.82) is 0 Å². The van der Waals surface area contributed by atoms with Gasteiger partial charge in [-0.3, -0.25) is 4.79 Å². The average Bonchev–Trinajstić information content (AvgIpc) is 2.43. The number of nitrogens with two attached hydrogens (primary N) is 1. The van der Waals surface area contributed by atoms with Gasteiger partial charge in [0.2, 0.25) is 17.7 Å². The normalized spacial score (nSPS) is 13.8. The van der Waals surface area contributed by atoms with E-state index < -0.39 is 0 Å². The van der Waals surface area contributed by atoms with E-state index in [1.165, 1.54) is 7.11 Å². The fraction of sp³-hybridized carbons (Fsp3) is 0.286. The summed E-state index contributed by atoms with van der Waals surface area (Å²) in [6.45, 7) is 0. The molecule has 0 bridgehead atoms. The van der Waals surface area contributed by atoms with E-state index in [-0.39, 0.29) is 18.3 Å². The predicted octanol–water partition coefficient (Wildman–Crippen LogP) is -0.438. The SMILES string of the molecule is COc1nc(N)nc2c1CC(=O)N2. The zero-order valence-corrected chi connectivity index (χ0v) is 7.00. The zero-order valence-electron chi connectivity index (χ0n) is 7.00. The fourth-order valence-corrected chi connectivity index (χ4v) is 1.25. The first kappa shape index (κ1) is 7.78. The van der Waals surface area contributed by atoms with Crippen molar-refractivity contribution in [1.82, 2.24) is 9.97 Å². The third-order valence-electron chi connectivity index (χ3n) is 1.77. The van der Waals surface area contributed by atoms with Crippen LogP contribution in [0.1, 0.15) is 5.56 Å². The molecule has 0 saturated heterocycles. The van der Waals surface area contributed by atoms with Crippen LogP contribution in [0.2, 0.25) is 0 Å². The first-order valence-electron chi connectivity index (χ1n) is 3.71. The number of nitrogens with zero attached hydrogens (tertiary/aromatic N) is 2. The van der Waals surface area contributed by atoms with Gasteiger partial charge in [-0.2, -0.15) is 9.97 Å². The van der Waals surface area contributed by atoms with Crippen LogP contribution in [0.3, 0.4) is 0 Å². The maximum Gasteiger partial charge on any atom is 0.230 e. The minimum absolute atomic E-state index is 0.0952. The lowest BCUT2D eigenvalue weighted by atomic mass is 10.2. The number of hydrogen-bond donors (Lipinski definition) is 2. The molecule has 13 heavy (non-hydrogen) atoms. The number of carbonyl (C=O) groups excluding carboxylic acids is 1. The van der Waals surface area contributed by atoms with Gasteiger partial charge >= 0.3 is 0 Å². The monoisotopic (exact) mass is 180 g/mol. The molecule has 1 aliphatic rings. The molecule has 6 nitrogen and oxygen atoms in total. The van der Waals surface area contributed by atoms with E-state index in [1.807, 2.05) is 0 Å². The van der Waals surface area contributed by atoms with Crippen molar-refractivity contribution in [2.75, 3.05) is 18.2 Å². The lowest BCUT2D eigenvalue weighted by Gasteiger charge is -2.04. The molecule has 2 heterocycles. The van der Waals surface area contributed by atoms with Crippen LogP contribution in [-0.2, 0) is 11.2 Å². The first-order valence-corrected chi connectivity index (χ1v) is 3.71. The van der Waals surface area contributed by atoms with Gasteiger partial charge in [0.25, 0.3) is 0 Å². The molecule has 1 aliphatic heterocycles. The third-order valence-corrected chi connectivity index (χ3v) is 1.77. The standard InChI is InChI=1S/C7H8N4O2/c1-13-6-3-2-4(12)9-5(3)10-7(8)11-6/h2H2,1H3,(H3,8,9,10,11,12). The number of carbonyl (C=O) groups is 1. The van der Waals surface area contributed by atoms with E-state index in [1.54, 1.807) is 0 Å². The summed E-state index contributed by atoms with van der Waals surface area (Å²) >= 11 is 0. The Balaban J connectivity index is 2.56. The molecule has 0 saturated carbocycles. The van der Waals surface area contributed by atoms with Gasteiger partial charge in [-0.25, -0.2) is 0 Å². The molecular weight excluding hydrogens is 172 g/mol. The highest BCUT2D eigenvalue weighted by Crippen LogP contribution is 2.28. The van der Waals surface area contributed by atoms with Crippen LogP contribution in [0.25, 0.3) is 0 Å². The number of aromatic nitrogens is 2. The van der Waals surface area contributed by atoms with Crippen molar-refractivity contribution in [3.8, 4) is 5.88 Å². The molecule has 3 N–H and O–H groups in total. The smallest absolute Gasteiger partial charge is 0.230 e. The number of ether oxygens (including phenoxy) is 1. The Morgan fingerprint density at radius 2 is 2.31 bits per heavy atom. The fourth-order valence-electron chi connectivity index (χ4n) is 1.25. The van der Waals surface area contributed by atoms with Crippen LogP contribution in [-0.4, -0.2) is 23.0 Å². The van der Waals surface area contributed by atoms with Gasteiger partial charge in [0.1, 0.15) is 5.82 Å². The molecule has 1 amide bonds. The Morgan fingerprint density at radius 1 is 1.54 bits per heavy atom. The summed E-state index contributed by atoms with van der Waals surface area (Å²) in [7, 11) is 1.48. The summed E-state index contributed by atoms with van der Waals surface area (Å²) < 4.78 is 4.96. The Hall–Kier alpha value is -1.85. The van der Waals surface area contributed by atoms with Gasteiger partial charge in [-0.1, -0.05) is 0 Å². The number of amides is 1. The number of methoxy groups -OCH3 is 1. The Morgan fingerprint density at radius 3 is 3.00 bits per heavy atom. The minimum atomic E-state index is -0.117. The summed E-state index contributed by atoms with van der Waals surface area (Å²) in [6.07, 6.45) is 0.249. The highest BCUT2D eigenvalue weighted by Gasteiger charge is 2.24. The van der Waals surface area contributed by atoms with Gasteiger partial charge in [-0.15, -0.1) is 0 Å². The van der Waals surface area contributed by atoms with Gasteiger partial charge in [0.15, 0.2) is 0 Å².